The smallest absolute Gasteiger partial charge is 0.407 e. The number of hydrogen-bond donors (Lipinski definition) is 2. The molecule has 4 rings (SSSR count). The normalized spacial score (nSPS) is 15.1. The minimum atomic E-state index is -4.22. The van der Waals surface area contributed by atoms with Gasteiger partial charge in [-0.2, -0.15) is 0 Å². The number of amides is 2. The molecule has 0 saturated heterocycles. The quantitative estimate of drug-likeness (QED) is 0.422. The van der Waals surface area contributed by atoms with Crippen molar-refractivity contribution in [3.8, 4) is 0 Å². The number of sulfonamides is 1. The number of alkyl carbamates (subject to hydrolysis) is 1. The number of anilines is 2. The molecule has 200 valence electrons. The van der Waals surface area contributed by atoms with Crippen LogP contribution in [0.5, 0.6) is 0 Å². The van der Waals surface area contributed by atoms with Crippen LogP contribution in [-0.4, -0.2) is 44.1 Å². The number of benzene rings is 2. The predicted molar refractivity (Wildman–Crippen MR) is 142 cm³/mol. The van der Waals surface area contributed by atoms with Crippen molar-refractivity contribution in [1.29, 1.82) is 0 Å². The van der Waals surface area contributed by atoms with Gasteiger partial charge in [-0.1, -0.05) is 29.3 Å². The van der Waals surface area contributed by atoms with Crippen LogP contribution >= 0.6 is 23.2 Å². The maximum absolute atomic E-state index is 13.6. The van der Waals surface area contributed by atoms with Gasteiger partial charge in [-0.05, 0) is 56.3 Å². The van der Waals surface area contributed by atoms with E-state index in [0.29, 0.717) is 5.69 Å². The van der Waals surface area contributed by atoms with E-state index >= 15 is 0 Å². The van der Waals surface area contributed by atoms with Gasteiger partial charge in [-0.15, -0.1) is 0 Å². The Labute approximate surface area is 229 Å². The van der Waals surface area contributed by atoms with Gasteiger partial charge in [0.2, 0.25) is 0 Å². The third-order valence-corrected chi connectivity index (χ3v) is 7.98. The van der Waals surface area contributed by atoms with Crippen LogP contribution in [0.3, 0.4) is 0 Å². The molecule has 0 aliphatic carbocycles. The number of ether oxygens (including phenoxy) is 1. The van der Waals surface area contributed by atoms with Crippen molar-refractivity contribution in [3.05, 3.63) is 81.8 Å². The molecule has 2 amide bonds. The number of hydrogen-bond acceptors (Lipinski definition) is 6. The lowest BCUT2D eigenvalue weighted by Gasteiger charge is -2.35. The molecule has 0 radical (unpaired) electrons. The first-order chi connectivity index (χ1) is 18.0. The van der Waals surface area contributed by atoms with Gasteiger partial charge >= 0.3 is 6.09 Å². The summed E-state index contributed by atoms with van der Waals surface area (Å²) in [6, 6.07) is 9.78. The van der Waals surface area contributed by atoms with Crippen LogP contribution in [0, 0.1) is 5.82 Å². The first kappa shape index (κ1) is 27.6. The van der Waals surface area contributed by atoms with Gasteiger partial charge < -0.3 is 15.4 Å². The molecule has 0 saturated carbocycles. The second-order valence-corrected chi connectivity index (χ2v) is 11.4. The van der Waals surface area contributed by atoms with E-state index in [-0.39, 0.29) is 50.9 Å². The molecule has 0 bridgehead atoms. The van der Waals surface area contributed by atoms with Crippen LogP contribution in [0.15, 0.2) is 59.6 Å². The van der Waals surface area contributed by atoms with Crippen LogP contribution in [0.4, 0.5) is 20.6 Å². The fraction of sp³-hybridized carbons (Fsp3) is 0.240. The van der Waals surface area contributed by atoms with Crippen molar-refractivity contribution in [2.45, 2.75) is 37.3 Å². The number of carbonyl (C=O) groups is 2. The van der Waals surface area contributed by atoms with Crippen molar-refractivity contribution in [2.24, 2.45) is 0 Å². The van der Waals surface area contributed by atoms with Gasteiger partial charge in [0.1, 0.15) is 5.82 Å². The van der Waals surface area contributed by atoms with Gasteiger partial charge in [0.25, 0.3) is 15.9 Å². The maximum atomic E-state index is 13.6. The average Bonchev–Trinajstić information content (AvgIpc) is 2.83. The highest BCUT2D eigenvalue weighted by Gasteiger charge is 2.35. The number of pyridine rings is 1. The third-order valence-electron chi connectivity index (χ3n) is 5.56. The Morgan fingerprint density at radius 1 is 1.13 bits per heavy atom. The van der Waals surface area contributed by atoms with E-state index in [0.717, 1.165) is 28.6 Å². The lowest BCUT2D eigenvalue weighted by atomic mass is 10.0. The van der Waals surface area contributed by atoms with Crippen molar-refractivity contribution in [3.63, 3.8) is 0 Å². The summed E-state index contributed by atoms with van der Waals surface area (Å²) in [5, 5.41) is 5.60. The molecule has 2 aromatic carbocycles. The first-order valence-electron chi connectivity index (χ1n) is 11.5. The molecule has 38 heavy (non-hydrogen) atoms. The molecule has 0 fully saturated rings. The molecular weight excluding hydrogens is 558 g/mol. The van der Waals surface area contributed by atoms with Gasteiger partial charge in [-0.25, -0.2) is 17.6 Å². The van der Waals surface area contributed by atoms with Gasteiger partial charge in [0.05, 0.1) is 62.5 Å². The van der Waals surface area contributed by atoms with E-state index in [1.54, 1.807) is 19.9 Å². The number of halogens is 3. The highest BCUT2D eigenvalue weighted by molar-refractivity contribution is 7.92. The number of nitrogens with one attached hydrogen (secondary N) is 2. The van der Waals surface area contributed by atoms with Gasteiger partial charge in [0.15, 0.2) is 0 Å². The molecule has 1 aliphatic heterocycles. The summed E-state index contributed by atoms with van der Waals surface area (Å²) in [5.41, 5.74) is 0.783. The van der Waals surface area contributed by atoms with Crippen LogP contribution in [-0.2, 0) is 21.2 Å². The Hall–Kier alpha value is -3.41. The molecule has 1 atom stereocenters. The summed E-state index contributed by atoms with van der Waals surface area (Å²) in [6.45, 7) is 3.22. The Kier molecular flexibility index (Phi) is 8.10. The standard InChI is InChI=1S/C25H23Cl2FN4O5S/c1-14(2)37-25(34)31-17-10-21-22(32(13-17)38(35,36)18-8-6-15(28)7-9-18)11-16(12-29-21)30-24(33)23-19(26)4-3-5-20(23)27/h3-9,11-12,14,17H,10,13H2,1-2H3,(H,30,33)(H,31,34). The van der Waals surface area contributed by atoms with Gasteiger partial charge in [-0.3, -0.25) is 14.1 Å². The van der Waals surface area contributed by atoms with Crippen LogP contribution in [0.2, 0.25) is 10.0 Å². The summed E-state index contributed by atoms with van der Waals surface area (Å²) < 4.78 is 46.9. The lowest BCUT2D eigenvalue weighted by Crippen LogP contribution is -2.50. The summed E-state index contributed by atoms with van der Waals surface area (Å²) in [4.78, 5) is 29.3. The summed E-state index contributed by atoms with van der Waals surface area (Å²) in [5.74, 6) is -1.20. The molecular formula is C25H23Cl2FN4O5S. The number of fused-ring (bicyclic) bond motifs is 1. The summed E-state index contributed by atoms with van der Waals surface area (Å²) >= 11 is 12.3. The van der Waals surface area contributed by atoms with E-state index in [4.69, 9.17) is 27.9 Å². The molecule has 0 spiro atoms. The molecule has 3 aromatic rings. The zero-order valence-electron chi connectivity index (χ0n) is 20.2. The molecule has 2 heterocycles. The van der Waals surface area contributed by atoms with Crippen LogP contribution < -0.4 is 14.9 Å². The Bertz CT molecular complexity index is 1470. The minimum absolute atomic E-state index is 0.0530. The molecule has 2 N–H and O–H groups in total. The van der Waals surface area contributed by atoms with Crippen molar-refractivity contribution >= 4 is 56.6 Å². The maximum Gasteiger partial charge on any atom is 0.407 e. The highest BCUT2D eigenvalue weighted by atomic mass is 35.5. The minimum Gasteiger partial charge on any atom is -0.447 e. The van der Waals surface area contributed by atoms with E-state index in [1.165, 1.54) is 24.4 Å². The number of aromatic nitrogens is 1. The molecule has 1 aromatic heterocycles. The molecule has 9 nitrogen and oxygen atoms in total. The zero-order valence-corrected chi connectivity index (χ0v) is 22.6. The lowest BCUT2D eigenvalue weighted by molar-refractivity contribution is 0.102. The van der Waals surface area contributed by atoms with E-state index in [1.807, 2.05) is 0 Å². The number of carbonyl (C=O) groups excluding carboxylic acids is 2. The van der Waals surface area contributed by atoms with E-state index in [9.17, 15) is 22.4 Å². The summed E-state index contributed by atoms with van der Waals surface area (Å²) in [7, 11) is -4.22. The SMILES string of the molecule is CC(C)OC(=O)NC1Cc2ncc(NC(=O)c3c(Cl)cccc3Cl)cc2N(S(=O)(=O)c2ccc(F)cc2)C1. The third kappa shape index (κ3) is 6.01. The molecule has 13 heteroatoms. The van der Waals surface area contributed by atoms with Crippen molar-refractivity contribution in [2.75, 3.05) is 16.2 Å². The fourth-order valence-electron chi connectivity index (χ4n) is 3.90. The summed E-state index contributed by atoms with van der Waals surface area (Å²) in [6.07, 6.45) is 0.482. The molecule has 1 unspecified atom stereocenters. The second-order valence-electron chi connectivity index (χ2n) is 8.73. The van der Waals surface area contributed by atoms with Crippen molar-refractivity contribution in [1.82, 2.24) is 10.3 Å². The van der Waals surface area contributed by atoms with E-state index in [2.05, 4.69) is 15.6 Å². The number of rotatable bonds is 6. The molecule has 1 aliphatic rings. The largest absolute Gasteiger partial charge is 0.447 e. The van der Waals surface area contributed by atoms with Gasteiger partial charge in [0, 0.05) is 6.42 Å². The number of nitrogens with zero attached hydrogens (tertiary/aromatic N) is 2. The average molecular weight is 581 g/mol. The monoisotopic (exact) mass is 580 g/mol. The second kappa shape index (κ2) is 11.1. The van der Waals surface area contributed by atoms with E-state index < -0.39 is 33.9 Å². The fourth-order valence-corrected chi connectivity index (χ4v) is 6.00. The van der Waals surface area contributed by atoms with Crippen LogP contribution in [0.25, 0.3) is 0 Å². The Morgan fingerprint density at radius 3 is 2.42 bits per heavy atom. The predicted octanol–water partition coefficient (Wildman–Crippen LogP) is 5.03. The highest BCUT2D eigenvalue weighted by Crippen LogP contribution is 2.34. The van der Waals surface area contributed by atoms with Crippen LogP contribution in [0.1, 0.15) is 29.9 Å². The Morgan fingerprint density at radius 2 is 1.79 bits per heavy atom. The zero-order chi connectivity index (χ0) is 27.6. The topological polar surface area (TPSA) is 118 Å². The van der Waals surface area contributed by atoms with Crippen molar-refractivity contribution < 1.29 is 27.1 Å². The Balaban J connectivity index is 1.70. The first-order valence-corrected chi connectivity index (χ1v) is 13.6.